The van der Waals surface area contributed by atoms with Gasteiger partial charge in [-0.05, 0) is 16.7 Å². The zero-order valence-corrected chi connectivity index (χ0v) is 18.5. The Morgan fingerprint density at radius 3 is 2.32 bits per heavy atom. The number of hydrogen-bond acceptors (Lipinski definition) is 7. The fourth-order valence-electron chi connectivity index (χ4n) is 3.68. The molecule has 31 heavy (non-hydrogen) atoms. The van der Waals surface area contributed by atoms with Crippen molar-refractivity contribution >= 4 is 11.8 Å². The minimum Gasteiger partial charge on any atom is -0.392 e. The average molecular weight is 441 g/mol. The zero-order chi connectivity index (χ0) is 21.8. The van der Waals surface area contributed by atoms with E-state index >= 15 is 0 Å². The number of aliphatic hydroxyl groups is 1. The Morgan fingerprint density at radius 2 is 1.71 bits per heavy atom. The number of ether oxygens (including phenoxy) is 2. The topological polar surface area (TPSA) is 95.4 Å². The average Bonchev–Trinajstić information content (AvgIpc) is 3.23. The van der Waals surface area contributed by atoms with Crippen molar-refractivity contribution in [1.29, 1.82) is 0 Å². The van der Waals surface area contributed by atoms with E-state index in [1.807, 2.05) is 60.1 Å². The van der Waals surface area contributed by atoms with E-state index in [1.54, 1.807) is 18.1 Å². The summed E-state index contributed by atoms with van der Waals surface area (Å²) in [5.41, 5.74) is 9.73. The molecule has 1 aromatic heterocycles. The minimum atomic E-state index is -0.476. The maximum atomic E-state index is 9.37. The van der Waals surface area contributed by atoms with Crippen LogP contribution in [-0.2, 0) is 29.7 Å². The molecule has 1 fully saturated rings. The Morgan fingerprint density at radius 1 is 1.03 bits per heavy atom. The number of hydrogen-bond donors (Lipinski definition) is 2. The molecule has 4 atom stereocenters. The van der Waals surface area contributed by atoms with Gasteiger partial charge in [0.2, 0.25) is 0 Å². The van der Waals surface area contributed by atoms with E-state index in [0.29, 0.717) is 6.54 Å². The number of aryl methyl sites for hydroxylation is 1. The molecule has 3 aromatic rings. The Labute approximate surface area is 186 Å². The molecule has 0 amide bonds. The Hall–Kier alpha value is -2.23. The van der Waals surface area contributed by atoms with Crippen LogP contribution < -0.4 is 5.73 Å². The first kappa shape index (κ1) is 22.0. The maximum Gasteiger partial charge on any atom is 0.190 e. The van der Waals surface area contributed by atoms with Crippen molar-refractivity contribution in [2.24, 2.45) is 18.7 Å². The molecule has 0 radical (unpaired) electrons. The van der Waals surface area contributed by atoms with Gasteiger partial charge in [-0.2, -0.15) is 0 Å². The molecular formula is C23H28N4O3S. The molecule has 7 nitrogen and oxygen atoms in total. The molecule has 4 rings (SSSR count). The van der Waals surface area contributed by atoms with E-state index in [0.717, 1.165) is 33.2 Å². The third-order valence-corrected chi connectivity index (χ3v) is 6.78. The predicted octanol–water partition coefficient (Wildman–Crippen LogP) is 3.35. The summed E-state index contributed by atoms with van der Waals surface area (Å²) in [6.45, 7) is 2.68. The predicted molar refractivity (Wildman–Crippen MR) is 119 cm³/mol. The molecule has 0 saturated carbocycles. The minimum absolute atomic E-state index is 0.0253. The van der Waals surface area contributed by atoms with Gasteiger partial charge >= 0.3 is 0 Å². The number of aliphatic hydroxyl groups excluding tert-OH is 1. The van der Waals surface area contributed by atoms with Crippen LogP contribution in [0.15, 0.2) is 60.0 Å². The van der Waals surface area contributed by atoms with Crippen LogP contribution in [0.1, 0.15) is 41.6 Å². The number of rotatable bonds is 7. The summed E-state index contributed by atoms with van der Waals surface area (Å²) in [7, 11) is 1.93. The van der Waals surface area contributed by atoms with Crippen molar-refractivity contribution in [3.63, 3.8) is 0 Å². The van der Waals surface area contributed by atoms with Gasteiger partial charge in [-0.25, -0.2) is 0 Å². The number of thioether (sulfide) groups is 1. The Balaban J connectivity index is 1.58. The number of nitrogens with zero attached hydrogens (tertiary/aromatic N) is 3. The van der Waals surface area contributed by atoms with Gasteiger partial charge in [-0.3, -0.25) is 0 Å². The summed E-state index contributed by atoms with van der Waals surface area (Å²) in [6.07, 6.45) is 1.04. The van der Waals surface area contributed by atoms with Gasteiger partial charge in [0.15, 0.2) is 11.4 Å². The van der Waals surface area contributed by atoms with Crippen molar-refractivity contribution in [3.05, 3.63) is 77.1 Å². The molecule has 8 heteroatoms. The first-order chi connectivity index (χ1) is 15.1. The SMILES string of the molecule is C[C@@H]1[C@H](CSc2nncn2C)O[C@H](c2ccc(CN)cc2)O[C@@H]1c1ccc(CO)cc1. The van der Waals surface area contributed by atoms with Crippen LogP contribution in [0.2, 0.25) is 0 Å². The molecule has 164 valence electrons. The molecule has 1 aliphatic rings. The normalized spacial score (nSPS) is 23.7. The summed E-state index contributed by atoms with van der Waals surface area (Å²) >= 11 is 1.63. The molecule has 0 bridgehead atoms. The summed E-state index contributed by atoms with van der Waals surface area (Å²) in [5, 5.41) is 18.4. The van der Waals surface area contributed by atoms with E-state index in [2.05, 4.69) is 17.1 Å². The van der Waals surface area contributed by atoms with Gasteiger partial charge in [0.05, 0.1) is 18.8 Å². The highest BCUT2D eigenvalue weighted by atomic mass is 32.2. The highest BCUT2D eigenvalue weighted by molar-refractivity contribution is 7.99. The lowest BCUT2D eigenvalue weighted by Gasteiger charge is -2.41. The molecule has 2 heterocycles. The van der Waals surface area contributed by atoms with Crippen LogP contribution >= 0.6 is 11.8 Å². The highest BCUT2D eigenvalue weighted by Crippen LogP contribution is 2.42. The maximum absolute atomic E-state index is 9.37. The van der Waals surface area contributed by atoms with Crippen molar-refractivity contribution in [2.75, 3.05) is 5.75 Å². The van der Waals surface area contributed by atoms with Gasteiger partial charge in [-0.15, -0.1) is 10.2 Å². The number of nitrogens with two attached hydrogens (primary N) is 1. The quantitative estimate of drug-likeness (QED) is 0.544. The van der Waals surface area contributed by atoms with E-state index < -0.39 is 6.29 Å². The first-order valence-corrected chi connectivity index (χ1v) is 11.3. The number of benzene rings is 2. The van der Waals surface area contributed by atoms with Crippen LogP contribution in [-0.4, -0.2) is 31.7 Å². The summed E-state index contributed by atoms with van der Waals surface area (Å²) in [4.78, 5) is 0. The molecule has 1 aliphatic heterocycles. The summed E-state index contributed by atoms with van der Waals surface area (Å²) < 4.78 is 14.8. The van der Waals surface area contributed by atoms with Crippen LogP contribution in [0, 0.1) is 5.92 Å². The van der Waals surface area contributed by atoms with Crippen molar-refractivity contribution < 1.29 is 14.6 Å². The van der Waals surface area contributed by atoms with Crippen molar-refractivity contribution in [2.45, 2.75) is 43.7 Å². The third kappa shape index (κ3) is 4.99. The van der Waals surface area contributed by atoms with Gasteiger partial charge in [0.25, 0.3) is 0 Å². The van der Waals surface area contributed by atoms with Gasteiger partial charge < -0.3 is 24.9 Å². The second-order valence-corrected chi connectivity index (χ2v) is 8.79. The molecule has 2 aromatic carbocycles. The standard InChI is InChI=1S/C23H28N4O3S/c1-15-20(13-31-23-26-25-14-27(23)2)29-22(19-9-3-16(11-24)4-10-19)30-21(15)18-7-5-17(12-28)6-8-18/h3-10,14-15,20-22,28H,11-13,24H2,1-2H3/t15-,20+,21+,22+/m1/s1. The lowest BCUT2D eigenvalue weighted by atomic mass is 9.91. The monoisotopic (exact) mass is 440 g/mol. The van der Waals surface area contributed by atoms with Crippen molar-refractivity contribution in [3.8, 4) is 0 Å². The molecule has 0 spiro atoms. The van der Waals surface area contributed by atoms with Gasteiger partial charge in [-0.1, -0.05) is 67.2 Å². The molecule has 0 aliphatic carbocycles. The molecule has 1 saturated heterocycles. The van der Waals surface area contributed by atoms with Gasteiger partial charge in [0, 0.05) is 30.8 Å². The van der Waals surface area contributed by atoms with E-state index in [4.69, 9.17) is 15.2 Å². The fourth-order valence-corrected chi connectivity index (χ4v) is 4.73. The molecule has 0 unspecified atom stereocenters. The zero-order valence-electron chi connectivity index (χ0n) is 17.7. The van der Waals surface area contributed by atoms with E-state index in [1.165, 1.54) is 0 Å². The summed E-state index contributed by atoms with van der Waals surface area (Å²) in [6, 6.07) is 16.0. The number of aromatic nitrogens is 3. The Kier molecular flexibility index (Phi) is 7.04. The van der Waals surface area contributed by atoms with Crippen LogP contribution in [0.4, 0.5) is 0 Å². The Bertz CT molecular complexity index is 977. The second-order valence-electron chi connectivity index (χ2n) is 7.80. The van der Waals surface area contributed by atoms with Crippen molar-refractivity contribution in [1.82, 2.24) is 14.8 Å². The first-order valence-electron chi connectivity index (χ1n) is 10.4. The van der Waals surface area contributed by atoms with E-state index in [-0.39, 0.29) is 24.7 Å². The molecular weight excluding hydrogens is 412 g/mol. The van der Waals surface area contributed by atoms with Crippen LogP contribution in [0.25, 0.3) is 0 Å². The van der Waals surface area contributed by atoms with E-state index in [9.17, 15) is 5.11 Å². The lowest BCUT2D eigenvalue weighted by molar-refractivity contribution is -0.268. The fraction of sp³-hybridized carbons (Fsp3) is 0.391. The summed E-state index contributed by atoms with van der Waals surface area (Å²) in [5.74, 6) is 0.861. The van der Waals surface area contributed by atoms with Gasteiger partial charge in [0.1, 0.15) is 6.33 Å². The second kappa shape index (κ2) is 9.93. The van der Waals surface area contributed by atoms with Crippen LogP contribution in [0.3, 0.4) is 0 Å². The molecule has 3 N–H and O–H groups in total. The third-order valence-electron chi connectivity index (χ3n) is 5.66. The lowest BCUT2D eigenvalue weighted by Crippen LogP contribution is -2.38. The van der Waals surface area contributed by atoms with Crippen LogP contribution in [0.5, 0.6) is 0 Å². The highest BCUT2D eigenvalue weighted by Gasteiger charge is 2.38. The largest absolute Gasteiger partial charge is 0.392 e. The smallest absolute Gasteiger partial charge is 0.190 e.